The average molecular weight is 1390 g/mol. The van der Waals surface area contributed by atoms with E-state index in [9.17, 15) is 74.1 Å². The van der Waals surface area contributed by atoms with Gasteiger partial charge in [-0.3, -0.25) is 28.8 Å². The fourth-order valence-corrected chi connectivity index (χ4v) is 13.1. The molecule has 2 heterocycles. The van der Waals surface area contributed by atoms with Gasteiger partial charge >= 0.3 is 59.1 Å². The number of amides is 5. The summed E-state index contributed by atoms with van der Waals surface area (Å²) in [6.45, 7) is 1.47. The number of benzene rings is 4. The molecule has 4 aromatic carbocycles. The van der Waals surface area contributed by atoms with Crippen LogP contribution in [0, 0.1) is 0 Å². The molecule has 96 heavy (non-hydrogen) atoms. The smallest absolute Gasteiger partial charge is 0.870 e. The maximum Gasteiger partial charge on any atom is 1.00 e. The number of thioether (sulfide) groups is 2. The van der Waals surface area contributed by atoms with E-state index in [1.54, 1.807) is 66.9 Å². The van der Waals surface area contributed by atoms with Crippen LogP contribution in [0.15, 0.2) is 103 Å². The standard InChI is InChI=1S/C67H86N5O19S2.2Na.H2O/c1-41(74)71-56-52(77)36-66(40-73,90-60(56)58(81)54(79)38-69-63(84)49-23-17-45(18-24-49)43-12-5-3-6-13-43)88-30-10-34-93-35-29-68-62(83)48-27-21-47(22-28-48)51(76)16-9-32-92-33-11-31-89-67(65(86)87)37-53(78)57(72-42(2)75)61(91-67)59(82)55(80)39-70-64(85)50-25-19-46(20-26-50)44-14-7-4-8-15-44;;;/h4,7-8,14-15,17-28,43,52-61,77-82H,3,5-6,9-13,16,29-39H2,1-2H3,(H,68,83)(H,69,84)(H,70,85)(H,71,74)(H,72,75)(H,86,87);;;1H2/q-1;2*+1;/p-2/t52-,53-,54+,55+,56+,57+,58+,59+,60+,61+,66+,67+;;;/m0.../s1. The number of ketones is 1. The molecule has 12 N–H and O–H groups in total. The van der Waals surface area contributed by atoms with Crippen molar-refractivity contribution in [2.75, 3.05) is 55.9 Å². The van der Waals surface area contributed by atoms with Crippen molar-refractivity contribution in [3.8, 4) is 11.1 Å². The zero-order valence-corrected chi connectivity index (χ0v) is 60.2. The van der Waals surface area contributed by atoms with Gasteiger partial charge in [-0.05, 0) is 108 Å². The van der Waals surface area contributed by atoms with Gasteiger partial charge in [-0.2, -0.15) is 23.5 Å². The largest absolute Gasteiger partial charge is 1.00 e. The summed E-state index contributed by atoms with van der Waals surface area (Å²) < 4.78 is 23.2. The summed E-state index contributed by atoms with van der Waals surface area (Å²) in [5.41, 5.74) is 4.38. The Morgan fingerprint density at radius 1 is 0.594 bits per heavy atom. The van der Waals surface area contributed by atoms with Crippen LogP contribution >= 0.6 is 23.5 Å². The Labute approximate surface area is 611 Å². The monoisotopic (exact) mass is 1390 g/mol. The fourth-order valence-electron chi connectivity index (χ4n) is 11.5. The summed E-state index contributed by atoms with van der Waals surface area (Å²) in [7, 11) is 0. The molecule has 4 aromatic rings. The molecule has 514 valence electrons. The number of nitrogens with one attached hydrogen (secondary N) is 5. The molecule has 3 aliphatic rings. The van der Waals surface area contributed by atoms with Gasteiger partial charge < -0.3 is 96.3 Å². The third kappa shape index (κ3) is 24.6. The van der Waals surface area contributed by atoms with Crippen molar-refractivity contribution < 1.29 is 158 Å². The van der Waals surface area contributed by atoms with Gasteiger partial charge in [0.15, 0.2) is 5.78 Å². The van der Waals surface area contributed by atoms with Crippen LogP contribution in [-0.4, -0.2) is 212 Å². The minimum atomic E-state index is -2.58. The number of carboxylic acid groups (broad SMARTS) is 1. The SMILES string of the molecule is CC(=O)N[C@H]1[C@H]([C@H](O)[C@H](O)CNC(=O)c2ccc(C3CCCCC3)cc2)O[C@]([C-]=O)(OCCCSCCNC(=O)c2ccc(C(=O)CCCSCCCO[C@]3(C(=O)[O-])C[C@H](O)[C@@H](NC(C)=O)[C@H]([C@H](O)[C@H](O)CNC(=O)c4ccc(-c5ccccc5)cc4)O3)cc2)C[C@@H]1O.[Na+].[Na+].[OH-]. The molecule has 5 amide bonds. The quantitative estimate of drug-likeness (QED) is 0.00907. The van der Waals surface area contributed by atoms with Gasteiger partial charge in [-0.25, -0.2) is 6.29 Å². The molecule has 25 nitrogen and oxygen atoms in total. The number of carbonyl (C=O) groups excluding carboxylic acids is 8. The summed E-state index contributed by atoms with van der Waals surface area (Å²) >= 11 is 2.96. The van der Waals surface area contributed by atoms with Crippen molar-refractivity contribution in [3.05, 3.63) is 131 Å². The molecule has 29 heteroatoms. The number of rotatable bonds is 35. The van der Waals surface area contributed by atoms with E-state index in [2.05, 4.69) is 26.6 Å². The third-order valence-electron chi connectivity index (χ3n) is 16.5. The van der Waals surface area contributed by atoms with Gasteiger partial charge in [-0.1, -0.05) is 86.0 Å². The van der Waals surface area contributed by atoms with Crippen LogP contribution in [0.2, 0.25) is 0 Å². The molecule has 0 spiro atoms. The van der Waals surface area contributed by atoms with Gasteiger partial charge in [0, 0.05) is 87.4 Å². The molecule has 7 rings (SSSR count). The second-order valence-electron chi connectivity index (χ2n) is 23.5. The first-order valence-electron chi connectivity index (χ1n) is 31.4. The van der Waals surface area contributed by atoms with Crippen LogP contribution < -0.4 is 90.8 Å². The Morgan fingerprint density at radius 2 is 1.05 bits per heavy atom. The number of hydrogen-bond acceptors (Lipinski definition) is 22. The van der Waals surface area contributed by atoms with E-state index in [1.807, 2.05) is 42.5 Å². The number of ether oxygens (including phenoxy) is 4. The Bertz CT molecular complexity index is 3110. The van der Waals surface area contributed by atoms with Crippen molar-refractivity contribution in [2.45, 2.75) is 163 Å². The fraction of sp³-hybridized carbons (Fsp3) is 0.522. The van der Waals surface area contributed by atoms with Gasteiger partial charge in [0.1, 0.15) is 30.4 Å². The number of aliphatic hydroxyl groups is 6. The number of hydrogen-bond donors (Lipinski definition) is 11. The van der Waals surface area contributed by atoms with E-state index in [0.717, 1.165) is 30.9 Å². The molecule has 1 aliphatic carbocycles. The maximum absolute atomic E-state index is 13.0. The molecule has 2 saturated heterocycles. The molecular weight excluding hydrogens is 1300 g/mol. The van der Waals surface area contributed by atoms with E-state index in [4.69, 9.17) is 18.9 Å². The van der Waals surface area contributed by atoms with Crippen molar-refractivity contribution >= 4 is 71.1 Å². The van der Waals surface area contributed by atoms with Gasteiger partial charge in [0.25, 0.3) is 17.7 Å². The Kier molecular flexibility index (Phi) is 36.4. The van der Waals surface area contributed by atoms with E-state index in [-0.39, 0.29) is 101 Å². The van der Waals surface area contributed by atoms with Crippen LogP contribution in [-0.2, 0) is 38.1 Å². The molecule has 12 atom stereocenters. The average Bonchev–Trinajstić information content (AvgIpc) is 0.780. The molecular formula is C67H86N5Na2O20S2-. The summed E-state index contributed by atoms with van der Waals surface area (Å²) in [6.07, 6.45) is -5.80. The van der Waals surface area contributed by atoms with Crippen LogP contribution in [0.4, 0.5) is 0 Å². The predicted molar refractivity (Wildman–Crippen MR) is 345 cm³/mol. The molecule has 2 aliphatic heterocycles. The maximum atomic E-state index is 13.0. The van der Waals surface area contributed by atoms with Gasteiger partial charge in [-0.15, -0.1) is 0 Å². The minimum absolute atomic E-state index is 0. The number of Topliss-reactive ketones (excluding diaryl/α,β-unsaturated/α-hetero) is 1. The molecule has 3 fully saturated rings. The topological polar surface area (TPSA) is 408 Å². The first-order valence-corrected chi connectivity index (χ1v) is 33.7. The van der Waals surface area contributed by atoms with Crippen molar-refractivity contribution in [1.82, 2.24) is 26.6 Å². The Hall–Kier alpha value is -4.70. The zero-order chi connectivity index (χ0) is 67.1. The zero-order valence-electron chi connectivity index (χ0n) is 54.6. The molecule has 0 bridgehead atoms. The normalized spacial score (nSPS) is 22.9. The molecule has 0 radical (unpaired) electrons. The predicted octanol–water partition coefficient (Wildman–Crippen LogP) is -3.93. The number of carbonyl (C=O) groups is 7. The van der Waals surface area contributed by atoms with E-state index in [1.165, 1.54) is 55.3 Å². The first-order chi connectivity index (χ1) is 44.6. The Balaban J connectivity index is 0.00000653. The summed E-state index contributed by atoms with van der Waals surface area (Å²) in [4.78, 5) is 101. The van der Waals surface area contributed by atoms with Gasteiger partial charge in [0.05, 0.1) is 48.9 Å². The third-order valence-corrected chi connectivity index (χ3v) is 18.7. The van der Waals surface area contributed by atoms with E-state index in [0.29, 0.717) is 71.4 Å². The van der Waals surface area contributed by atoms with E-state index < -0.39 is 128 Å². The number of aliphatic carboxylic acids is 1. The van der Waals surface area contributed by atoms with Gasteiger partial charge in [0.2, 0.25) is 17.6 Å². The van der Waals surface area contributed by atoms with Crippen LogP contribution in [0.1, 0.15) is 137 Å². The van der Waals surface area contributed by atoms with Crippen molar-refractivity contribution in [2.24, 2.45) is 0 Å². The summed E-state index contributed by atoms with van der Waals surface area (Å²) in [5, 5.41) is 92.4. The number of carboxylic acids is 1. The molecule has 0 aromatic heterocycles. The first kappa shape index (κ1) is 83.7. The summed E-state index contributed by atoms with van der Waals surface area (Å²) in [6, 6.07) is 27.1. The second-order valence-corrected chi connectivity index (χ2v) is 25.9. The second kappa shape index (κ2) is 41.8. The van der Waals surface area contributed by atoms with Crippen LogP contribution in [0.25, 0.3) is 11.1 Å². The van der Waals surface area contributed by atoms with Crippen molar-refractivity contribution in [3.63, 3.8) is 0 Å². The summed E-state index contributed by atoms with van der Waals surface area (Å²) in [5.74, 6) is -6.83. The van der Waals surface area contributed by atoms with Crippen molar-refractivity contribution in [1.29, 1.82) is 0 Å². The molecule has 0 unspecified atom stereocenters. The minimum Gasteiger partial charge on any atom is -0.870 e. The number of aliphatic hydroxyl groups excluding tert-OH is 6. The van der Waals surface area contributed by atoms with Crippen LogP contribution in [0.5, 0.6) is 0 Å². The van der Waals surface area contributed by atoms with E-state index >= 15 is 0 Å². The Morgan fingerprint density at radius 3 is 1.58 bits per heavy atom. The molecule has 1 saturated carbocycles. The van der Waals surface area contributed by atoms with Crippen LogP contribution in [0.3, 0.4) is 0 Å².